The lowest BCUT2D eigenvalue weighted by Gasteiger charge is -2.34. The molecule has 2 atom stereocenters. The molecule has 1 aliphatic heterocycles. The van der Waals surface area contributed by atoms with E-state index in [2.05, 4.69) is 31.5 Å². The summed E-state index contributed by atoms with van der Waals surface area (Å²) in [6.45, 7) is 4.11. The van der Waals surface area contributed by atoms with Gasteiger partial charge in [0.15, 0.2) is 0 Å². The molecule has 2 amide bonds. The standard InChI is InChI=1S/C32H43BrN6O2.C2HF3O2/c1-21(34)39-16-14-23(15-17-39)20-37-32(41)29(24-6-3-2-4-7-24)38-31(40)28(26-8-5-9-27(33)19-26)18-22-10-12-25(13-11-22)30(35)36;3-2(4,5)1(6)7/h5,8-13,19,23-24,28-29,34H,2-4,6-7,14-18,20H2,1H3,(H3,35,36)(H,37,41)(H,38,40);(H,6,7)/t28?,29-;/m0./s1. The van der Waals surface area contributed by atoms with Crippen LogP contribution in [0, 0.1) is 22.7 Å². The number of aliphatic carboxylic acids is 1. The number of amides is 2. The highest BCUT2D eigenvalue weighted by molar-refractivity contribution is 9.10. The average Bonchev–Trinajstić information content (AvgIpc) is 3.05. The third-order valence-corrected chi connectivity index (χ3v) is 9.36. The summed E-state index contributed by atoms with van der Waals surface area (Å²) in [5, 5.41) is 29.1. The SMILES string of the molecule is CC(=N)N1CCC(CNC(=O)[C@@H](NC(=O)C(Cc2ccc(C(=N)N)cc2)c2cccc(Br)c2)C2CCCCC2)CC1.O=C(O)C(F)(F)F. The molecule has 4 rings (SSSR count). The normalized spacial score (nSPS) is 16.9. The van der Waals surface area contributed by atoms with E-state index in [4.69, 9.17) is 26.5 Å². The van der Waals surface area contributed by atoms with Gasteiger partial charge in [-0.05, 0) is 74.1 Å². The number of benzene rings is 2. The van der Waals surface area contributed by atoms with E-state index in [-0.39, 0.29) is 23.6 Å². The lowest BCUT2D eigenvalue weighted by atomic mass is 9.82. The molecule has 1 heterocycles. The number of nitrogen functional groups attached to an aromatic ring is 1. The number of hydrogen-bond acceptors (Lipinski definition) is 5. The van der Waals surface area contributed by atoms with Crippen LogP contribution in [0.25, 0.3) is 0 Å². The van der Waals surface area contributed by atoms with Crippen molar-refractivity contribution in [3.05, 3.63) is 69.7 Å². The number of nitrogens with two attached hydrogens (primary N) is 1. The quantitative estimate of drug-likeness (QED) is 0.137. The van der Waals surface area contributed by atoms with Crippen LogP contribution in [0.1, 0.15) is 74.5 Å². The van der Waals surface area contributed by atoms with Crippen molar-refractivity contribution >= 4 is 45.4 Å². The summed E-state index contributed by atoms with van der Waals surface area (Å²) in [4.78, 5) is 38.6. The van der Waals surface area contributed by atoms with Gasteiger partial charge in [-0.15, -0.1) is 0 Å². The highest BCUT2D eigenvalue weighted by Crippen LogP contribution is 2.29. The molecule has 2 aliphatic rings. The van der Waals surface area contributed by atoms with Crippen LogP contribution in [-0.4, -0.2) is 71.3 Å². The molecule has 262 valence electrons. The zero-order chi connectivity index (χ0) is 35.4. The van der Waals surface area contributed by atoms with E-state index < -0.39 is 24.1 Å². The second-order valence-electron chi connectivity index (χ2n) is 12.4. The largest absolute Gasteiger partial charge is 0.490 e. The Hall–Kier alpha value is -3.94. The smallest absolute Gasteiger partial charge is 0.475 e. The van der Waals surface area contributed by atoms with Gasteiger partial charge in [-0.25, -0.2) is 4.79 Å². The molecule has 2 aromatic rings. The summed E-state index contributed by atoms with van der Waals surface area (Å²) >= 11 is 3.55. The highest BCUT2D eigenvalue weighted by atomic mass is 79.9. The number of carbonyl (C=O) groups excluding carboxylic acids is 2. The van der Waals surface area contributed by atoms with Gasteiger partial charge in [-0.2, -0.15) is 13.2 Å². The fourth-order valence-corrected chi connectivity index (χ4v) is 6.50. The zero-order valence-electron chi connectivity index (χ0n) is 26.9. The van der Waals surface area contributed by atoms with Crippen molar-refractivity contribution in [1.82, 2.24) is 15.5 Å². The Morgan fingerprint density at radius 1 is 1.00 bits per heavy atom. The average molecular weight is 738 g/mol. The first-order valence-corrected chi connectivity index (χ1v) is 16.8. The fraction of sp³-hybridized carbons (Fsp3) is 0.500. The van der Waals surface area contributed by atoms with Gasteiger partial charge in [0.25, 0.3) is 0 Å². The minimum atomic E-state index is -5.08. The monoisotopic (exact) mass is 736 g/mol. The van der Waals surface area contributed by atoms with E-state index in [1.165, 1.54) is 6.42 Å². The van der Waals surface area contributed by atoms with Gasteiger partial charge in [-0.1, -0.05) is 71.6 Å². The third kappa shape index (κ3) is 11.9. The van der Waals surface area contributed by atoms with E-state index in [1.807, 2.05) is 43.3 Å². The van der Waals surface area contributed by atoms with Gasteiger partial charge < -0.3 is 26.4 Å². The van der Waals surface area contributed by atoms with Crippen LogP contribution in [0.2, 0.25) is 0 Å². The van der Waals surface area contributed by atoms with E-state index in [0.717, 1.165) is 67.2 Å². The van der Waals surface area contributed by atoms with Gasteiger partial charge in [0.1, 0.15) is 11.9 Å². The third-order valence-electron chi connectivity index (χ3n) is 8.87. The summed E-state index contributed by atoms with van der Waals surface area (Å²) in [5.41, 5.74) is 8.11. The zero-order valence-corrected chi connectivity index (χ0v) is 28.5. The number of hydrogen-bond donors (Lipinski definition) is 6. The molecule has 1 saturated heterocycles. The van der Waals surface area contributed by atoms with Crippen molar-refractivity contribution in [2.45, 2.75) is 76.4 Å². The Balaban J connectivity index is 0.000000804. The Labute approximate surface area is 287 Å². The Morgan fingerprint density at radius 2 is 1.60 bits per heavy atom. The van der Waals surface area contributed by atoms with Crippen LogP contribution in [0.15, 0.2) is 53.0 Å². The maximum Gasteiger partial charge on any atom is 0.490 e. The second kappa shape index (κ2) is 18.0. The molecule has 0 bridgehead atoms. The minimum absolute atomic E-state index is 0.00885. The molecule has 48 heavy (non-hydrogen) atoms. The molecule has 10 nitrogen and oxygen atoms in total. The predicted molar refractivity (Wildman–Crippen MR) is 181 cm³/mol. The number of piperidine rings is 1. The minimum Gasteiger partial charge on any atom is -0.475 e. The van der Waals surface area contributed by atoms with Crippen LogP contribution in [0.5, 0.6) is 0 Å². The molecule has 14 heteroatoms. The number of alkyl halides is 3. The summed E-state index contributed by atoms with van der Waals surface area (Å²) in [5.74, 6) is -2.38. The molecule has 1 unspecified atom stereocenters. The summed E-state index contributed by atoms with van der Waals surface area (Å²) < 4.78 is 32.6. The van der Waals surface area contributed by atoms with Crippen molar-refractivity contribution in [1.29, 1.82) is 10.8 Å². The number of carboxylic acids is 1. The summed E-state index contributed by atoms with van der Waals surface area (Å²) in [6.07, 6.45) is 2.46. The lowest BCUT2D eigenvalue weighted by molar-refractivity contribution is -0.192. The van der Waals surface area contributed by atoms with E-state index in [9.17, 15) is 22.8 Å². The van der Waals surface area contributed by atoms with Crippen LogP contribution < -0.4 is 16.4 Å². The summed E-state index contributed by atoms with van der Waals surface area (Å²) in [6, 6.07) is 14.6. The number of nitrogens with zero attached hydrogens (tertiary/aromatic N) is 1. The van der Waals surface area contributed by atoms with Crippen molar-refractivity contribution in [3.63, 3.8) is 0 Å². The predicted octanol–water partition coefficient (Wildman–Crippen LogP) is 5.58. The Kier molecular flexibility index (Phi) is 14.4. The molecule has 1 saturated carbocycles. The van der Waals surface area contributed by atoms with E-state index >= 15 is 0 Å². The van der Waals surface area contributed by atoms with Gasteiger partial charge in [0.2, 0.25) is 11.8 Å². The molecule has 0 spiro atoms. The molecule has 2 aromatic carbocycles. The Morgan fingerprint density at radius 3 is 2.12 bits per heavy atom. The van der Waals surface area contributed by atoms with Crippen LogP contribution in [0.3, 0.4) is 0 Å². The van der Waals surface area contributed by atoms with Gasteiger partial charge in [0.05, 0.1) is 11.8 Å². The van der Waals surface area contributed by atoms with Crippen molar-refractivity contribution in [2.24, 2.45) is 17.6 Å². The van der Waals surface area contributed by atoms with Crippen LogP contribution in [0.4, 0.5) is 13.2 Å². The number of nitrogens with one attached hydrogen (secondary N) is 4. The van der Waals surface area contributed by atoms with Crippen LogP contribution in [-0.2, 0) is 20.8 Å². The molecule has 0 aromatic heterocycles. The molecular weight excluding hydrogens is 693 g/mol. The highest BCUT2D eigenvalue weighted by Gasteiger charge is 2.38. The number of halogens is 4. The molecular formula is C34H44BrF3N6O4. The molecule has 2 fully saturated rings. The number of likely N-dealkylation sites (tertiary alicyclic amines) is 1. The van der Waals surface area contributed by atoms with Crippen molar-refractivity contribution < 1.29 is 32.7 Å². The Bertz CT molecular complexity index is 1420. The number of amidine groups is 2. The van der Waals surface area contributed by atoms with Crippen molar-refractivity contribution in [2.75, 3.05) is 19.6 Å². The number of rotatable bonds is 10. The van der Waals surface area contributed by atoms with Crippen molar-refractivity contribution in [3.8, 4) is 0 Å². The van der Waals surface area contributed by atoms with E-state index in [0.29, 0.717) is 30.3 Å². The maximum atomic E-state index is 14.0. The van der Waals surface area contributed by atoms with E-state index in [1.54, 1.807) is 12.1 Å². The van der Waals surface area contributed by atoms with Crippen LogP contribution >= 0.6 is 15.9 Å². The first kappa shape index (κ1) is 38.5. The first-order chi connectivity index (χ1) is 22.6. The topological polar surface area (TPSA) is 172 Å². The molecule has 0 radical (unpaired) electrons. The lowest BCUT2D eigenvalue weighted by Crippen LogP contribution is -2.53. The summed E-state index contributed by atoms with van der Waals surface area (Å²) in [7, 11) is 0. The molecule has 1 aliphatic carbocycles. The first-order valence-electron chi connectivity index (χ1n) is 16.0. The van der Waals surface area contributed by atoms with Gasteiger partial charge >= 0.3 is 12.1 Å². The van der Waals surface area contributed by atoms with Gasteiger partial charge in [0, 0.05) is 29.7 Å². The molecule has 7 N–H and O–H groups in total. The number of carbonyl (C=O) groups is 3. The van der Waals surface area contributed by atoms with Gasteiger partial charge in [-0.3, -0.25) is 20.4 Å². The second-order valence-corrected chi connectivity index (χ2v) is 13.3. The fourth-order valence-electron chi connectivity index (χ4n) is 6.09. The maximum absolute atomic E-state index is 14.0. The number of carboxylic acid groups (broad SMARTS) is 1.